The molecule has 1 heterocycles. The molecular weight excluding hydrogens is 176 g/mol. The largest absolute Gasteiger partial charge is 0.446 e. The van der Waals surface area contributed by atoms with Crippen LogP contribution >= 0.6 is 0 Å². The zero-order chi connectivity index (χ0) is 9.97. The minimum absolute atomic E-state index is 0.793. The van der Waals surface area contributed by atoms with Crippen LogP contribution < -0.4 is 10.2 Å². The van der Waals surface area contributed by atoms with Crippen LogP contribution in [0, 0.1) is 6.92 Å². The van der Waals surface area contributed by atoms with Gasteiger partial charge in [0.05, 0.1) is 0 Å². The number of furan rings is 1. The highest BCUT2D eigenvalue weighted by atomic mass is 16.4. The zero-order valence-electron chi connectivity index (χ0n) is 8.92. The third-order valence-corrected chi connectivity index (χ3v) is 2.56. The summed E-state index contributed by atoms with van der Waals surface area (Å²) >= 11 is 0. The Morgan fingerprint density at radius 3 is 2.86 bits per heavy atom. The molecule has 1 fully saturated rings. The lowest BCUT2D eigenvalue weighted by atomic mass is 10.4. The van der Waals surface area contributed by atoms with Crippen molar-refractivity contribution >= 4 is 5.88 Å². The van der Waals surface area contributed by atoms with Gasteiger partial charge in [-0.1, -0.05) is 0 Å². The van der Waals surface area contributed by atoms with Gasteiger partial charge in [-0.3, -0.25) is 0 Å². The van der Waals surface area contributed by atoms with E-state index in [0.717, 1.165) is 30.8 Å². The predicted molar refractivity (Wildman–Crippen MR) is 57.7 cm³/mol. The second kappa shape index (κ2) is 4.05. The lowest BCUT2D eigenvalue weighted by Gasteiger charge is -2.15. The monoisotopic (exact) mass is 194 g/mol. The quantitative estimate of drug-likeness (QED) is 0.774. The number of hydrogen-bond acceptors (Lipinski definition) is 3. The number of likely N-dealkylation sites (N-methyl/N-ethyl adjacent to an activating group) is 1. The van der Waals surface area contributed by atoms with Crippen molar-refractivity contribution in [3.05, 3.63) is 17.9 Å². The molecule has 0 unspecified atom stereocenters. The molecule has 1 aliphatic carbocycles. The molecule has 0 radical (unpaired) electrons. The van der Waals surface area contributed by atoms with Crippen LogP contribution in [0.25, 0.3) is 0 Å². The summed E-state index contributed by atoms with van der Waals surface area (Å²) in [6.07, 6.45) is 2.70. The fourth-order valence-corrected chi connectivity index (χ4v) is 1.46. The molecule has 14 heavy (non-hydrogen) atoms. The molecule has 0 bridgehead atoms. The maximum absolute atomic E-state index is 5.52. The summed E-state index contributed by atoms with van der Waals surface area (Å²) < 4.78 is 5.52. The second-order valence-electron chi connectivity index (χ2n) is 4.03. The zero-order valence-corrected chi connectivity index (χ0v) is 8.92. The van der Waals surface area contributed by atoms with E-state index in [-0.39, 0.29) is 0 Å². The molecule has 1 aromatic heterocycles. The average Bonchev–Trinajstić information content (AvgIpc) is 2.87. The summed E-state index contributed by atoms with van der Waals surface area (Å²) in [7, 11) is 2.06. The van der Waals surface area contributed by atoms with Crippen molar-refractivity contribution in [2.45, 2.75) is 25.8 Å². The highest BCUT2D eigenvalue weighted by Crippen LogP contribution is 2.19. The minimum atomic E-state index is 0.793. The van der Waals surface area contributed by atoms with Gasteiger partial charge in [-0.15, -0.1) is 0 Å². The second-order valence-corrected chi connectivity index (χ2v) is 4.03. The van der Waals surface area contributed by atoms with Crippen molar-refractivity contribution in [2.24, 2.45) is 0 Å². The molecule has 0 amide bonds. The molecule has 1 saturated carbocycles. The van der Waals surface area contributed by atoms with Gasteiger partial charge >= 0.3 is 0 Å². The molecule has 1 N–H and O–H groups in total. The van der Waals surface area contributed by atoms with E-state index in [1.807, 2.05) is 19.1 Å². The molecule has 0 aromatic carbocycles. The number of anilines is 1. The highest BCUT2D eigenvalue weighted by Gasteiger charge is 2.19. The van der Waals surface area contributed by atoms with E-state index in [0.29, 0.717) is 0 Å². The first-order valence-corrected chi connectivity index (χ1v) is 5.26. The van der Waals surface area contributed by atoms with Gasteiger partial charge in [-0.25, -0.2) is 0 Å². The van der Waals surface area contributed by atoms with Crippen LogP contribution in [0.3, 0.4) is 0 Å². The van der Waals surface area contributed by atoms with Crippen molar-refractivity contribution in [1.29, 1.82) is 0 Å². The van der Waals surface area contributed by atoms with Gasteiger partial charge in [-0.2, -0.15) is 0 Å². The van der Waals surface area contributed by atoms with Gasteiger partial charge in [0.1, 0.15) is 5.76 Å². The Morgan fingerprint density at radius 1 is 1.50 bits per heavy atom. The fraction of sp³-hybridized carbons (Fsp3) is 0.636. The highest BCUT2D eigenvalue weighted by molar-refractivity contribution is 5.34. The number of nitrogens with zero attached hydrogens (tertiary/aromatic N) is 1. The third kappa shape index (κ3) is 2.51. The van der Waals surface area contributed by atoms with E-state index in [1.54, 1.807) is 0 Å². The van der Waals surface area contributed by atoms with Gasteiger partial charge in [0.15, 0.2) is 5.88 Å². The molecule has 78 valence electrons. The first-order valence-electron chi connectivity index (χ1n) is 5.26. The third-order valence-electron chi connectivity index (χ3n) is 2.56. The van der Waals surface area contributed by atoms with Gasteiger partial charge in [-0.05, 0) is 25.8 Å². The fourth-order valence-electron chi connectivity index (χ4n) is 1.46. The number of rotatable bonds is 5. The number of aryl methyl sites for hydroxylation is 1. The Labute approximate surface area is 85.1 Å². The lowest BCUT2D eigenvalue weighted by Crippen LogP contribution is -2.29. The first kappa shape index (κ1) is 9.59. The van der Waals surface area contributed by atoms with Gasteiger partial charge in [0, 0.05) is 32.2 Å². The normalized spacial score (nSPS) is 15.9. The summed E-state index contributed by atoms with van der Waals surface area (Å²) in [6.45, 7) is 4.02. The van der Waals surface area contributed by atoms with E-state index >= 15 is 0 Å². The van der Waals surface area contributed by atoms with Crippen molar-refractivity contribution in [3.63, 3.8) is 0 Å². The maximum atomic E-state index is 5.52. The summed E-state index contributed by atoms with van der Waals surface area (Å²) in [6, 6.07) is 4.81. The van der Waals surface area contributed by atoms with E-state index in [4.69, 9.17) is 4.42 Å². The first-order chi connectivity index (χ1) is 6.75. The molecule has 0 atom stereocenters. The van der Waals surface area contributed by atoms with Crippen LogP contribution in [0.4, 0.5) is 5.88 Å². The van der Waals surface area contributed by atoms with Crippen molar-refractivity contribution < 1.29 is 4.42 Å². The number of hydrogen-bond donors (Lipinski definition) is 1. The van der Waals surface area contributed by atoms with Crippen molar-refractivity contribution in [3.8, 4) is 0 Å². The molecule has 3 nitrogen and oxygen atoms in total. The van der Waals surface area contributed by atoms with Gasteiger partial charge in [0.25, 0.3) is 0 Å². The molecule has 1 aromatic rings. The topological polar surface area (TPSA) is 28.4 Å². The summed E-state index contributed by atoms with van der Waals surface area (Å²) in [5, 5.41) is 3.48. The van der Waals surface area contributed by atoms with E-state index in [9.17, 15) is 0 Å². The lowest BCUT2D eigenvalue weighted by molar-refractivity contribution is 0.522. The van der Waals surface area contributed by atoms with Crippen LogP contribution in [0.5, 0.6) is 0 Å². The Bertz CT molecular complexity index is 291. The van der Waals surface area contributed by atoms with Gasteiger partial charge < -0.3 is 14.6 Å². The van der Waals surface area contributed by atoms with Crippen molar-refractivity contribution in [1.82, 2.24) is 5.32 Å². The van der Waals surface area contributed by atoms with Crippen LogP contribution in [0.1, 0.15) is 18.6 Å². The van der Waals surface area contributed by atoms with Crippen LogP contribution in [0.2, 0.25) is 0 Å². The summed E-state index contributed by atoms with van der Waals surface area (Å²) in [5.41, 5.74) is 0. The molecule has 2 rings (SSSR count). The molecule has 3 heteroatoms. The van der Waals surface area contributed by atoms with Gasteiger partial charge in [0.2, 0.25) is 0 Å². The van der Waals surface area contributed by atoms with E-state index < -0.39 is 0 Å². The predicted octanol–water partition coefficient (Wildman–Crippen LogP) is 1.78. The summed E-state index contributed by atoms with van der Waals surface area (Å²) in [5.74, 6) is 1.93. The average molecular weight is 194 g/mol. The Morgan fingerprint density at radius 2 is 2.29 bits per heavy atom. The minimum Gasteiger partial charge on any atom is -0.446 e. The molecule has 0 aliphatic heterocycles. The van der Waals surface area contributed by atoms with E-state index in [1.165, 1.54) is 12.8 Å². The number of nitrogens with one attached hydrogen (secondary N) is 1. The van der Waals surface area contributed by atoms with Crippen LogP contribution in [-0.4, -0.2) is 26.2 Å². The Kier molecular flexibility index (Phi) is 2.77. The molecular formula is C11H18N2O. The SMILES string of the molecule is Cc1ccc(N(C)CCNC2CC2)o1. The standard InChI is InChI=1S/C11H18N2O/c1-9-3-6-11(14-9)13(2)8-7-12-10-4-5-10/h3,6,10,12H,4-5,7-8H2,1-2H3. The molecule has 1 aliphatic rings. The smallest absolute Gasteiger partial charge is 0.195 e. The van der Waals surface area contributed by atoms with E-state index in [2.05, 4.69) is 17.3 Å². The molecule has 0 spiro atoms. The Balaban J connectivity index is 1.73. The maximum Gasteiger partial charge on any atom is 0.195 e. The summed E-state index contributed by atoms with van der Waals surface area (Å²) in [4.78, 5) is 2.14. The molecule has 0 saturated heterocycles. The van der Waals surface area contributed by atoms with Crippen molar-refractivity contribution in [2.75, 3.05) is 25.0 Å². The Hall–Kier alpha value is -0.960. The van der Waals surface area contributed by atoms with Crippen LogP contribution in [0.15, 0.2) is 16.5 Å². The van der Waals surface area contributed by atoms with Crippen LogP contribution in [-0.2, 0) is 0 Å².